The second-order valence-corrected chi connectivity index (χ2v) is 8.78. The lowest BCUT2D eigenvalue weighted by atomic mass is 10.1. The number of hydrogen-bond donors (Lipinski definition) is 3. The van der Waals surface area contributed by atoms with Gasteiger partial charge < -0.3 is 15.2 Å². The average molecular weight is 562 g/mol. The second-order valence-electron chi connectivity index (χ2n) is 7.94. The highest BCUT2D eigenvalue weighted by atomic mass is 35.5. The molecule has 0 aliphatic heterocycles. The Morgan fingerprint density at radius 2 is 1.79 bits per heavy atom. The zero-order valence-corrected chi connectivity index (χ0v) is 21.0. The number of anilines is 2. The molecule has 0 spiro atoms. The number of nitrogens with zero attached hydrogens (tertiary/aromatic N) is 4. The molecule has 0 radical (unpaired) electrons. The van der Waals surface area contributed by atoms with Crippen LogP contribution >= 0.6 is 23.2 Å². The van der Waals surface area contributed by atoms with Crippen molar-refractivity contribution in [1.82, 2.24) is 19.9 Å². The molecule has 4 aromatic rings. The minimum Gasteiger partial charge on any atom is -0.335 e. The van der Waals surface area contributed by atoms with Crippen LogP contribution in [0.3, 0.4) is 0 Å². The molecule has 2 amide bonds. The third kappa shape index (κ3) is 7.46. The molecule has 38 heavy (non-hydrogen) atoms. The van der Waals surface area contributed by atoms with Gasteiger partial charge in [0, 0.05) is 34.3 Å². The molecule has 2 aromatic carbocycles. The monoisotopic (exact) mass is 561 g/mol. The Labute approximate surface area is 225 Å². The van der Waals surface area contributed by atoms with Crippen LogP contribution in [0.5, 0.6) is 0 Å². The molecule has 1 unspecified atom stereocenters. The second kappa shape index (κ2) is 12.0. The summed E-state index contributed by atoms with van der Waals surface area (Å²) in [5.74, 6) is -0.0396. The number of nitrogens with one attached hydrogen (secondary N) is 3. The highest BCUT2D eigenvalue weighted by molar-refractivity contribution is 6.35. The van der Waals surface area contributed by atoms with Crippen molar-refractivity contribution in [3.63, 3.8) is 0 Å². The molecule has 0 saturated heterocycles. The first-order chi connectivity index (χ1) is 18.2. The van der Waals surface area contributed by atoms with Crippen LogP contribution in [0.2, 0.25) is 10.0 Å². The van der Waals surface area contributed by atoms with Crippen LogP contribution in [-0.4, -0.2) is 26.5 Å². The molecule has 2 heterocycles. The lowest BCUT2D eigenvalue weighted by molar-refractivity contribution is -0.137. The lowest BCUT2D eigenvalue weighted by Crippen LogP contribution is -2.39. The zero-order chi connectivity index (χ0) is 27.1. The van der Waals surface area contributed by atoms with Crippen LogP contribution in [-0.2, 0) is 12.7 Å². The van der Waals surface area contributed by atoms with E-state index in [1.165, 1.54) is 18.3 Å². The number of aromatic nitrogens is 3. The molecule has 4 rings (SSSR count). The maximum atomic E-state index is 13.0. The first-order valence-electron chi connectivity index (χ1n) is 11.1. The molecular formula is C25H20Cl2F3N7O. The Balaban J connectivity index is 1.68. The molecule has 1 atom stereocenters. The van der Waals surface area contributed by atoms with Crippen LogP contribution in [0.1, 0.15) is 17.2 Å². The quantitative estimate of drug-likeness (QED) is 0.182. The fourth-order valence-electron chi connectivity index (χ4n) is 3.41. The van der Waals surface area contributed by atoms with E-state index in [4.69, 9.17) is 23.2 Å². The number of imidazole rings is 1. The van der Waals surface area contributed by atoms with E-state index in [1.54, 1.807) is 59.8 Å². The topological polar surface area (TPSA) is 96.2 Å². The standard InChI is InChI=1S/C25H20Cl2F3N7O/c26-17-5-8-20(21(27)12-17)22(14-37-11-10-32-15-37)35-23(36-24(38)34-19-2-1-9-31-13-19)33-18-6-3-16(4-7-18)25(28,29)30/h1-13,15,22H,14H2,(H3,33,34,35,36,38). The first-order valence-corrected chi connectivity index (χ1v) is 11.8. The van der Waals surface area contributed by atoms with Crippen LogP contribution in [0.4, 0.5) is 29.3 Å². The summed E-state index contributed by atoms with van der Waals surface area (Å²) in [4.78, 5) is 25.4. The van der Waals surface area contributed by atoms with Gasteiger partial charge in [0.1, 0.15) is 0 Å². The SMILES string of the molecule is O=C(NC(=NC(Cn1ccnc1)c1ccc(Cl)cc1Cl)Nc1ccc(C(F)(F)F)cc1)Nc1cccnc1. The Morgan fingerprint density at radius 1 is 1.00 bits per heavy atom. The molecule has 196 valence electrons. The number of carbonyl (C=O) groups is 1. The highest BCUT2D eigenvalue weighted by Gasteiger charge is 2.30. The van der Waals surface area contributed by atoms with Crippen molar-refractivity contribution in [2.24, 2.45) is 4.99 Å². The number of rotatable bonds is 6. The van der Waals surface area contributed by atoms with Gasteiger partial charge in [-0.1, -0.05) is 29.3 Å². The number of urea groups is 1. The summed E-state index contributed by atoms with van der Waals surface area (Å²) in [5, 5.41) is 8.90. The van der Waals surface area contributed by atoms with E-state index in [2.05, 4.69) is 30.9 Å². The van der Waals surface area contributed by atoms with Crippen LogP contribution in [0.15, 0.2) is 90.7 Å². The molecule has 0 bridgehead atoms. The van der Waals surface area contributed by atoms with Crippen molar-refractivity contribution in [2.45, 2.75) is 18.8 Å². The smallest absolute Gasteiger partial charge is 0.335 e. The van der Waals surface area contributed by atoms with Gasteiger partial charge in [0.25, 0.3) is 0 Å². The molecular weight excluding hydrogens is 542 g/mol. The van der Waals surface area contributed by atoms with Gasteiger partial charge in [-0.25, -0.2) is 14.8 Å². The summed E-state index contributed by atoms with van der Waals surface area (Å²) in [6.07, 6.45) is 3.45. The van der Waals surface area contributed by atoms with Gasteiger partial charge in [0.2, 0.25) is 5.96 Å². The molecule has 2 aromatic heterocycles. The minimum atomic E-state index is -4.49. The van der Waals surface area contributed by atoms with Gasteiger partial charge >= 0.3 is 12.2 Å². The summed E-state index contributed by atoms with van der Waals surface area (Å²) in [6, 6.07) is 11.2. The summed E-state index contributed by atoms with van der Waals surface area (Å²) >= 11 is 12.5. The molecule has 0 aliphatic rings. The normalized spacial score (nSPS) is 12.6. The van der Waals surface area contributed by atoms with Crippen molar-refractivity contribution < 1.29 is 18.0 Å². The largest absolute Gasteiger partial charge is 0.416 e. The van der Waals surface area contributed by atoms with E-state index < -0.39 is 23.8 Å². The average Bonchev–Trinajstić information content (AvgIpc) is 3.37. The van der Waals surface area contributed by atoms with E-state index >= 15 is 0 Å². The van der Waals surface area contributed by atoms with Gasteiger partial charge in [0.05, 0.1) is 36.4 Å². The molecule has 0 fully saturated rings. The predicted octanol–water partition coefficient (Wildman–Crippen LogP) is 6.63. The number of amides is 2. The van der Waals surface area contributed by atoms with E-state index in [0.29, 0.717) is 21.3 Å². The summed E-state index contributed by atoms with van der Waals surface area (Å²) in [5.41, 5.74) is 0.484. The first kappa shape index (κ1) is 27.0. The van der Waals surface area contributed by atoms with Crippen LogP contribution in [0, 0.1) is 0 Å². The van der Waals surface area contributed by atoms with Crippen molar-refractivity contribution in [1.29, 1.82) is 0 Å². The van der Waals surface area contributed by atoms with Crippen LogP contribution < -0.4 is 16.0 Å². The number of alkyl halides is 3. The van der Waals surface area contributed by atoms with Crippen molar-refractivity contribution in [2.75, 3.05) is 10.6 Å². The minimum absolute atomic E-state index is 0.0396. The highest BCUT2D eigenvalue weighted by Crippen LogP contribution is 2.31. The van der Waals surface area contributed by atoms with E-state index in [-0.39, 0.29) is 18.2 Å². The lowest BCUT2D eigenvalue weighted by Gasteiger charge is -2.19. The molecule has 3 N–H and O–H groups in total. The number of hydrogen-bond acceptors (Lipinski definition) is 4. The fourth-order valence-corrected chi connectivity index (χ4v) is 3.95. The third-order valence-electron chi connectivity index (χ3n) is 5.18. The number of benzene rings is 2. The van der Waals surface area contributed by atoms with Gasteiger partial charge in [-0.05, 0) is 54.1 Å². The van der Waals surface area contributed by atoms with Crippen molar-refractivity contribution in [3.8, 4) is 0 Å². The van der Waals surface area contributed by atoms with Crippen LogP contribution in [0.25, 0.3) is 0 Å². The van der Waals surface area contributed by atoms with Crippen molar-refractivity contribution >= 4 is 46.6 Å². The maximum absolute atomic E-state index is 13.0. The summed E-state index contributed by atoms with van der Waals surface area (Å²) in [6.45, 7) is 0.283. The Morgan fingerprint density at radius 3 is 2.42 bits per heavy atom. The third-order valence-corrected chi connectivity index (χ3v) is 5.74. The number of carbonyl (C=O) groups excluding carboxylic acids is 1. The predicted molar refractivity (Wildman–Crippen MR) is 140 cm³/mol. The molecule has 13 heteroatoms. The molecule has 0 saturated carbocycles. The Kier molecular flexibility index (Phi) is 8.49. The van der Waals surface area contributed by atoms with Gasteiger partial charge in [0.15, 0.2) is 0 Å². The number of guanidine groups is 1. The molecule has 8 nitrogen and oxygen atoms in total. The summed E-state index contributed by atoms with van der Waals surface area (Å²) in [7, 11) is 0. The van der Waals surface area contributed by atoms with E-state index in [9.17, 15) is 18.0 Å². The maximum Gasteiger partial charge on any atom is 0.416 e. The van der Waals surface area contributed by atoms with E-state index in [1.807, 2.05) is 0 Å². The fraction of sp³-hybridized carbons (Fsp3) is 0.120. The summed E-state index contributed by atoms with van der Waals surface area (Å²) < 4.78 is 40.8. The Bertz CT molecular complexity index is 1400. The Hall–Kier alpha value is -4.09. The van der Waals surface area contributed by atoms with Crippen molar-refractivity contribution in [3.05, 3.63) is 107 Å². The van der Waals surface area contributed by atoms with Gasteiger partial charge in [-0.2, -0.15) is 13.2 Å². The number of aliphatic imine (C=N–C) groups is 1. The zero-order valence-electron chi connectivity index (χ0n) is 19.5. The van der Waals surface area contributed by atoms with Gasteiger partial charge in [-0.15, -0.1) is 0 Å². The number of halogens is 5. The van der Waals surface area contributed by atoms with Gasteiger partial charge in [-0.3, -0.25) is 10.3 Å². The number of pyridine rings is 1. The van der Waals surface area contributed by atoms with E-state index in [0.717, 1.165) is 12.1 Å². The molecule has 0 aliphatic carbocycles.